The molecule has 0 fully saturated rings. The molecule has 0 radical (unpaired) electrons. The number of hydrogen-bond donors (Lipinski definition) is 1. The smallest absolute Gasteiger partial charge is 0.352 e. The molecule has 0 bridgehead atoms. The standard InChI is InChI=1S/C13H12BrNO3/c1-7(2)15-10(13(17)18)6-11(16)8-4-3-5-9(14)12(8)15/h3-7H,1-2H3,(H,17,18). The molecule has 1 aromatic carbocycles. The summed E-state index contributed by atoms with van der Waals surface area (Å²) in [5.41, 5.74) is 0.354. The SMILES string of the molecule is CC(C)n1c(C(=O)O)cc(=O)c2cccc(Br)c21. The Morgan fingerprint density at radius 2 is 2.06 bits per heavy atom. The Morgan fingerprint density at radius 3 is 2.61 bits per heavy atom. The summed E-state index contributed by atoms with van der Waals surface area (Å²) in [6.07, 6.45) is 0. The number of hydrogen-bond acceptors (Lipinski definition) is 2. The first-order valence-electron chi connectivity index (χ1n) is 5.50. The Bertz CT molecular complexity index is 688. The summed E-state index contributed by atoms with van der Waals surface area (Å²) in [5.74, 6) is -1.10. The third-order valence-electron chi connectivity index (χ3n) is 2.76. The van der Waals surface area contributed by atoms with Gasteiger partial charge in [-0.3, -0.25) is 4.79 Å². The molecule has 0 saturated heterocycles. The van der Waals surface area contributed by atoms with Crippen molar-refractivity contribution in [2.75, 3.05) is 0 Å². The molecule has 5 heteroatoms. The van der Waals surface area contributed by atoms with Crippen molar-refractivity contribution in [2.24, 2.45) is 0 Å². The Balaban J connectivity index is 3.06. The fourth-order valence-corrected chi connectivity index (χ4v) is 2.61. The fourth-order valence-electron chi connectivity index (χ4n) is 2.05. The van der Waals surface area contributed by atoms with E-state index >= 15 is 0 Å². The van der Waals surface area contributed by atoms with Crippen molar-refractivity contribution in [2.45, 2.75) is 19.9 Å². The molecular weight excluding hydrogens is 298 g/mol. The van der Waals surface area contributed by atoms with Crippen molar-refractivity contribution in [3.63, 3.8) is 0 Å². The lowest BCUT2D eigenvalue weighted by Crippen LogP contribution is -2.19. The van der Waals surface area contributed by atoms with E-state index in [1.807, 2.05) is 13.8 Å². The predicted molar refractivity (Wildman–Crippen MR) is 73.3 cm³/mol. The molecule has 0 aliphatic carbocycles. The number of para-hydroxylation sites is 1. The van der Waals surface area contributed by atoms with Gasteiger partial charge in [0.25, 0.3) is 0 Å². The van der Waals surface area contributed by atoms with Gasteiger partial charge in [-0.15, -0.1) is 0 Å². The van der Waals surface area contributed by atoms with Crippen molar-refractivity contribution in [1.29, 1.82) is 0 Å². The molecule has 18 heavy (non-hydrogen) atoms. The van der Waals surface area contributed by atoms with Gasteiger partial charge < -0.3 is 9.67 Å². The molecule has 0 spiro atoms. The van der Waals surface area contributed by atoms with Crippen LogP contribution >= 0.6 is 15.9 Å². The van der Waals surface area contributed by atoms with Gasteiger partial charge in [0.1, 0.15) is 5.69 Å². The number of carboxylic acid groups (broad SMARTS) is 1. The average Bonchev–Trinajstić information content (AvgIpc) is 2.29. The van der Waals surface area contributed by atoms with Crippen molar-refractivity contribution in [3.8, 4) is 0 Å². The fraction of sp³-hybridized carbons (Fsp3) is 0.231. The molecular formula is C13H12BrNO3. The number of carbonyl (C=O) groups is 1. The first-order valence-corrected chi connectivity index (χ1v) is 6.30. The highest BCUT2D eigenvalue weighted by molar-refractivity contribution is 9.10. The average molecular weight is 310 g/mol. The quantitative estimate of drug-likeness (QED) is 0.927. The van der Waals surface area contributed by atoms with Crippen LogP contribution in [-0.4, -0.2) is 15.6 Å². The van der Waals surface area contributed by atoms with Crippen molar-refractivity contribution >= 4 is 32.8 Å². The zero-order valence-corrected chi connectivity index (χ0v) is 11.6. The number of aromatic nitrogens is 1. The molecule has 2 rings (SSSR count). The van der Waals surface area contributed by atoms with Crippen LogP contribution in [0.25, 0.3) is 10.9 Å². The number of halogens is 1. The molecule has 1 N–H and O–H groups in total. The number of benzene rings is 1. The summed E-state index contributed by atoms with van der Waals surface area (Å²) in [4.78, 5) is 23.2. The molecule has 2 aromatic rings. The summed E-state index contributed by atoms with van der Waals surface area (Å²) in [6.45, 7) is 3.77. The lowest BCUT2D eigenvalue weighted by atomic mass is 10.1. The van der Waals surface area contributed by atoms with E-state index in [0.717, 1.165) is 0 Å². The molecule has 94 valence electrons. The van der Waals surface area contributed by atoms with E-state index in [1.54, 1.807) is 22.8 Å². The summed E-state index contributed by atoms with van der Waals surface area (Å²) >= 11 is 3.38. The zero-order valence-electron chi connectivity index (χ0n) is 9.98. The Morgan fingerprint density at radius 1 is 1.39 bits per heavy atom. The Labute approximate surface area is 112 Å². The molecule has 0 atom stereocenters. The Kier molecular flexibility index (Phi) is 3.26. The minimum absolute atomic E-state index is 0.00870. The van der Waals surface area contributed by atoms with Crippen molar-refractivity contribution in [3.05, 3.63) is 44.7 Å². The lowest BCUT2D eigenvalue weighted by Gasteiger charge is -2.18. The molecule has 1 heterocycles. The van der Waals surface area contributed by atoms with Crippen molar-refractivity contribution in [1.82, 2.24) is 4.57 Å². The number of fused-ring (bicyclic) bond motifs is 1. The minimum Gasteiger partial charge on any atom is -0.477 e. The zero-order chi connectivity index (χ0) is 13.4. The topological polar surface area (TPSA) is 59.3 Å². The molecule has 0 saturated carbocycles. The maximum atomic E-state index is 11.9. The highest BCUT2D eigenvalue weighted by Gasteiger charge is 2.17. The Hall–Kier alpha value is -1.62. The summed E-state index contributed by atoms with van der Waals surface area (Å²) in [7, 11) is 0. The molecule has 1 aromatic heterocycles. The van der Waals surface area contributed by atoms with Crippen LogP contribution in [0.5, 0.6) is 0 Å². The van der Waals surface area contributed by atoms with E-state index < -0.39 is 5.97 Å². The molecule has 0 aliphatic heterocycles. The van der Waals surface area contributed by atoms with E-state index in [-0.39, 0.29) is 17.2 Å². The van der Waals surface area contributed by atoms with Gasteiger partial charge in [-0.1, -0.05) is 6.07 Å². The second-order valence-electron chi connectivity index (χ2n) is 4.30. The van der Waals surface area contributed by atoms with E-state index in [1.165, 1.54) is 6.07 Å². The highest BCUT2D eigenvalue weighted by Crippen LogP contribution is 2.26. The number of carboxylic acids is 1. The van der Waals surface area contributed by atoms with E-state index in [0.29, 0.717) is 15.4 Å². The van der Waals surface area contributed by atoms with Gasteiger partial charge in [0, 0.05) is 22.0 Å². The minimum atomic E-state index is -1.10. The number of aromatic carboxylic acids is 1. The van der Waals surface area contributed by atoms with Crippen LogP contribution in [0.15, 0.2) is 33.5 Å². The monoisotopic (exact) mass is 309 g/mol. The third-order valence-corrected chi connectivity index (χ3v) is 3.40. The maximum absolute atomic E-state index is 11.9. The van der Waals surface area contributed by atoms with E-state index in [9.17, 15) is 14.7 Å². The van der Waals surface area contributed by atoms with Crippen LogP contribution in [0, 0.1) is 0 Å². The van der Waals surface area contributed by atoms with E-state index in [2.05, 4.69) is 15.9 Å². The first kappa shape index (κ1) is 12.8. The second-order valence-corrected chi connectivity index (χ2v) is 5.15. The molecule has 0 amide bonds. The van der Waals surface area contributed by atoms with Crippen LogP contribution in [-0.2, 0) is 0 Å². The molecule has 4 nitrogen and oxygen atoms in total. The highest BCUT2D eigenvalue weighted by atomic mass is 79.9. The number of rotatable bonds is 2. The molecule has 0 aliphatic rings. The van der Waals surface area contributed by atoms with Gasteiger partial charge in [0.05, 0.1) is 5.52 Å². The van der Waals surface area contributed by atoms with Crippen molar-refractivity contribution < 1.29 is 9.90 Å². The van der Waals surface area contributed by atoms with Crippen LogP contribution < -0.4 is 5.43 Å². The van der Waals surface area contributed by atoms with Crippen LogP contribution in [0.3, 0.4) is 0 Å². The van der Waals surface area contributed by atoms with Gasteiger partial charge in [-0.25, -0.2) is 4.79 Å². The van der Waals surface area contributed by atoms with Crippen LogP contribution in [0.4, 0.5) is 0 Å². The van der Waals surface area contributed by atoms with Gasteiger partial charge >= 0.3 is 5.97 Å². The number of pyridine rings is 1. The lowest BCUT2D eigenvalue weighted by molar-refractivity contribution is 0.0683. The predicted octanol–water partition coefficient (Wildman–Crippen LogP) is 3.04. The first-order chi connectivity index (χ1) is 8.43. The summed E-state index contributed by atoms with van der Waals surface area (Å²) in [6, 6.07) is 6.38. The maximum Gasteiger partial charge on any atom is 0.352 e. The summed E-state index contributed by atoms with van der Waals surface area (Å²) < 4.78 is 2.37. The normalized spacial score (nSPS) is 11.1. The van der Waals surface area contributed by atoms with Gasteiger partial charge in [-0.2, -0.15) is 0 Å². The largest absolute Gasteiger partial charge is 0.477 e. The molecule has 0 unspecified atom stereocenters. The van der Waals surface area contributed by atoms with Crippen LogP contribution in [0.1, 0.15) is 30.4 Å². The summed E-state index contributed by atoms with van der Waals surface area (Å²) in [5, 5.41) is 9.73. The van der Waals surface area contributed by atoms with Gasteiger partial charge in [-0.05, 0) is 41.9 Å². The van der Waals surface area contributed by atoms with E-state index in [4.69, 9.17) is 0 Å². The number of nitrogens with zero attached hydrogens (tertiary/aromatic N) is 1. The van der Waals surface area contributed by atoms with Gasteiger partial charge in [0.2, 0.25) is 0 Å². The van der Waals surface area contributed by atoms with Crippen LogP contribution in [0.2, 0.25) is 0 Å². The third kappa shape index (κ3) is 1.95. The second kappa shape index (κ2) is 4.57. The van der Waals surface area contributed by atoms with Gasteiger partial charge in [0.15, 0.2) is 5.43 Å².